The van der Waals surface area contributed by atoms with Crippen molar-refractivity contribution >= 4 is 11.6 Å². The van der Waals surface area contributed by atoms with Crippen molar-refractivity contribution in [2.24, 2.45) is 5.73 Å². The van der Waals surface area contributed by atoms with Gasteiger partial charge in [-0.1, -0.05) is 11.6 Å². The molecule has 1 aromatic heterocycles. The predicted molar refractivity (Wildman–Crippen MR) is 51.9 cm³/mol. The van der Waals surface area contributed by atoms with Crippen molar-refractivity contribution in [3.63, 3.8) is 0 Å². The normalized spacial score (nSPS) is 11.7. The molecule has 5 heteroatoms. The lowest BCUT2D eigenvalue weighted by Gasteiger charge is -2.24. The van der Waals surface area contributed by atoms with E-state index in [2.05, 4.69) is 4.98 Å². The molecule has 0 aliphatic heterocycles. The molecule has 1 aromatic rings. The Bertz CT molecular complexity index is 359. The molecule has 0 amide bonds. The Morgan fingerprint density at radius 2 is 2.31 bits per heavy atom. The lowest BCUT2D eigenvalue weighted by molar-refractivity contribution is 0.350. The van der Waals surface area contributed by atoms with E-state index in [4.69, 9.17) is 17.3 Å². The Labute approximate surface area is 81.3 Å². The van der Waals surface area contributed by atoms with Crippen LogP contribution in [0.15, 0.2) is 17.2 Å². The maximum atomic E-state index is 11.3. The van der Waals surface area contributed by atoms with Crippen LogP contribution >= 0.6 is 11.6 Å². The monoisotopic (exact) mass is 201 g/mol. The van der Waals surface area contributed by atoms with E-state index in [9.17, 15) is 4.79 Å². The van der Waals surface area contributed by atoms with E-state index in [1.807, 2.05) is 13.8 Å². The third-order valence-electron chi connectivity index (χ3n) is 1.91. The summed E-state index contributed by atoms with van der Waals surface area (Å²) in [4.78, 5) is 14.9. The fourth-order valence-corrected chi connectivity index (χ4v) is 1.07. The van der Waals surface area contributed by atoms with Gasteiger partial charge in [0.15, 0.2) is 0 Å². The molecule has 0 saturated heterocycles. The fraction of sp³-hybridized carbons (Fsp3) is 0.500. The second-order valence-electron chi connectivity index (χ2n) is 3.44. The first-order valence-corrected chi connectivity index (χ1v) is 4.30. The minimum absolute atomic E-state index is 0.333. The predicted octanol–water partition coefficient (Wildman–Crippen LogP) is 0.590. The Kier molecular flexibility index (Phi) is 2.73. The van der Waals surface area contributed by atoms with E-state index in [1.165, 1.54) is 10.8 Å². The van der Waals surface area contributed by atoms with Crippen molar-refractivity contribution in [1.29, 1.82) is 0 Å². The highest BCUT2D eigenvalue weighted by Gasteiger charge is 2.19. The van der Waals surface area contributed by atoms with Crippen molar-refractivity contribution in [2.75, 3.05) is 6.54 Å². The highest BCUT2D eigenvalue weighted by atomic mass is 35.5. The second-order valence-corrected chi connectivity index (χ2v) is 3.88. The molecule has 72 valence electrons. The average molecular weight is 202 g/mol. The molecule has 0 radical (unpaired) electrons. The van der Waals surface area contributed by atoms with Crippen molar-refractivity contribution < 1.29 is 0 Å². The summed E-state index contributed by atoms with van der Waals surface area (Å²) in [5, 5.41) is 0.432. The maximum Gasteiger partial charge on any atom is 0.348 e. The van der Waals surface area contributed by atoms with Gasteiger partial charge in [0.1, 0.15) is 0 Å². The zero-order valence-electron chi connectivity index (χ0n) is 7.62. The third kappa shape index (κ3) is 2.08. The van der Waals surface area contributed by atoms with Crippen molar-refractivity contribution in [3.05, 3.63) is 27.9 Å². The summed E-state index contributed by atoms with van der Waals surface area (Å²) in [5.41, 5.74) is 4.74. The molecule has 0 fully saturated rings. The van der Waals surface area contributed by atoms with Gasteiger partial charge < -0.3 is 5.73 Å². The van der Waals surface area contributed by atoms with Crippen molar-refractivity contribution in [3.8, 4) is 0 Å². The van der Waals surface area contributed by atoms with Crippen LogP contribution in [0.1, 0.15) is 13.8 Å². The molecule has 0 aliphatic rings. The average Bonchev–Trinajstić information content (AvgIpc) is 2.09. The van der Waals surface area contributed by atoms with Crippen molar-refractivity contribution in [1.82, 2.24) is 9.55 Å². The zero-order valence-corrected chi connectivity index (χ0v) is 8.38. The zero-order chi connectivity index (χ0) is 10.1. The largest absolute Gasteiger partial charge is 0.348 e. The summed E-state index contributed by atoms with van der Waals surface area (Å²) in [6.07, 6.45) is 2.87. The molecule has 0 bridgehead atoms. The minimum atomic E-state index is -0.449. The highest BCUT2D eigenvalue weighted by molar-refractivity contribution is 6.30. The number of hydrogen-bond acceptors (Lipinski definition) is 3. The third-order valence-corrected chi connectivity index (χ3v) is 2.10. The molecule has 0 unspecified atom stereocenters. The standard InChI is InChI=1S/C8H12ClN3O/c1-8(2,5-10)12-4-6(9)3-11-7(12)13/h3-4H,5,10H2,1-2H3. The van der Waals surface area contributed by atoms with Crippen molar-refractivity contribution in [2.45, 2.75) is 19.4 Å². The first kappa shape index (κ1) is 10.2. The first-order valence-electron chi connectivity index (χ1n) is 3.92. The van der Waals surface area contributed by atoms with Crippen LogP contribution in [0.2, 0.25) is 5.02 Å². The first-order chi connectivity index (χ1) is 5.97. The summed E-state index contributed by atoms with van der Waals surface area (Å²) in [7, 11) is 0. The van der Waals surface area contributed by atoms with Crippen LogP contribution in [0.4, 0.5) is 0 Å². The van der Waals surface area contributed by atoms with Gasteiger partial charge in [-0.15, -0.1) is 0 Å². The van der Waals surface area contributed by atoms with E-state index in [-0.39, 0.29) is 5.69 Å². The smallest absolute Gasteiger partial charge is 0.328 e. The van der Waals surface area contributed by atoms with Gasteiger partial charge in [0.25, 0.3) is 0 Å². The van der Waals surface area contributed by atoms with E-state index >= 15 is 0 Å². The second kappa shape index (κ2) is 3.47. The maximum absolute atomic E-state index is 11.3. The van der Waals surface area contributed by atoms with Crippen LogP contribution in [0, 0.1) is 0 Å². The van der Waals surface area contributed by atoms with Crippen LogP contribution in [-0.2, 0) is 5.54 Å². The Morgan fingerprint density at radius 3 is 2.85 bits per heavy atom. The van der Waals surface area contributed by atoms with Gasteiger partial charge in [0, 0.05) is 12.7 Å². The van der Waals surface area contributed by atoms with Gasteiger partial charge >= 0.3 is 5.69 Å². The number of nitrogens with zero attached hydrogens (tertiary/aromatic N) is 2. The van der Waals surface area contributed by atoms with Gasteiger partial charge in [0.2, 0.25) is 0 Å². The van der Waals surface area contributed by atoms with E-state index in [1.54, 1.807) is 6.20 Å². The minimum Gasteiger partial charge on any atom is -0.328 e. The Balaban J connectivity index is 3.29. The van der Waals surface area contributed by atoms with Crippen LogP contribution < -0.4 is 11.4 Å². The molecule has 4 nitrogen and oxygen atoms in total. The van der Waals surface area contributed by atoms with Gasteiger partial charge in [0.05, 0.1) is 16.8 Å². The molecule has 1 rings (SSSR count). The van der Waals surface area contributed by atoms with Crippen LogP contribution in [0.3, 0.4) is 0 Å². The lowest BCUT2D eigenvalue weighted by atomic mass is 10.1. The number of hydrogen-bond donors (Lipinski definition) is 1. The number of aromatic nitrogens is 2. The molecule has 13 heavy (non-hydrogen) atoms. The van der Waals surface area contributed by atoms with Crippen LogP contribution in [0.5, 0.6) is 0 Å². The fourth-order valence-electron chi connectivity index (χ4n) is 0.923. The molecule has 0 spiro atoms. The summed E-state index contributed by atoms with van der Waals surface area (Å²) in [6.45, 7) is 4.06. The van der Waals surface area contributed by atoms with E-state index in [0.717, 1.165) is 0 Å². The molecule has 0 aromatic carbocycles. The molecule has 0 atom stereocenters. The summed E-state index contributed by atoms with van der Waals surface area (Å²) < 4.78 is 1.44. The number of halogens is 1. The van der Waals surface area contributed by atoms with E-state index < -0.39 is 5.54 Å². The Morgan fingerprint density at radius 1 is 1.69 bits per heavy atom. The van der Waals surface area contributed by atoms with Crippen LogP contribution in [0.25, 0.3) is 0 Å². The summed E-state index contributed by atoms with van der Waals surface area (Å²) in [5.74, 6) is 0. The lowest BCUT2D eigenvalue weighted by Crippen LogP contribution is -2.42. The van der Waals surface area contributed by atoms with Gasteiger partial charge in [-0.3, -0.25) is 4.57 Å². The van der Waals surface area contributed by atoms with Gasteiger partial charge in [-0.2, -0.15) is 0 Å². The molecule has 0 aliphatic carbocycles. The van der Waals surface area contributed by atoms with Gasteiger partial charge in [-0.05, 0) is 13.8 Å². The van der Waals surface area contributed by atoms with Crippen LogP contribution in [-0.4, -0.2) is 16.1 Å². The number of nitrogens with two attached hydrogens (primary N) is 1. The molecular weight excluding hydrogens is 190 g/mol. The molecule has 0 saturated carbocycles. The summed E-state index contributed by atoms with van der Waals surface area (Å²) >= 11 is 5.72. The number of rotatable bonds is 2. The molecule has 2 N–H and O–H groups in total. The SMILES string of the molecule is CC(C)(CN)n1cc(Cl)cnc1=O. The van der Waals surface area contributed by atoms with Gasteiger partial charge in [-0.25, -0.2) is 9.78 Å². The highest BCUT2D eigenvalue weighted by Crippen LogP contribution is 2.12. The topological polar surface area (TPSA) is 60.9 Å². The molecule has 1 heterocycles. The quantitative estimate of drug-likeness (QED) is 0.762. The van der Waals surface area contributed by atoms with E-state index in [0.29, 0.717) is 11.6 Å². The molecular formula is C8H12ClN3O. The Hall–Kier alpha value is -0.870. The summed E-state index contributed by atoms with van der Waals surface area (Å²) in [6, 6.07) is 0.